The number of ether oxygens (including phenoxy) is 1. The summed E-state index contributed by atoms with van der Waals surface area (Å²) in [6, 6.07) is 5.81. The first-order valence-electron chi connectivity index (χ1n) is 9.31. The van der Waals surface area contributed by atoms with Crippen molar-refractivity contribution in [1.82, 2.24) is 0 Å². The number of carbonyl (C=O) groups is 2. The largest absolute Gasteiger partial charge is 0.497 e. The summed E-state index contributed by atoms with van der Waals surface area (Å²) in [5.41, 5.74) is 2.99. The van der Waals surface area contributed by atoms with Gasteiger partial charge in [0.15, 0.2) is 5.78 Å². The van der Waals surface area contributed by atoms with Crippen LogP contribution in [0.4, 0.5) is 0 Å². The summed E-state index contributed by atoms with van der Waals surface area (Å²) >= 11 is 5.46. The van der Waals surface area contributed by atoms with E-state index in [2.05, 4.69) is 13.8 Å². The highest BCUT2D eigenvalue weighted by Crippen LogP contribution is 2.36. The average molecular weight is 377 g/mol. The number of ketones is 2. The van der Waals surface area contributed by atoms with Gasteiger partial charge in [0.2, 0.25) is 0 Å². The van der Waals surface area contributed by atoms with Crippen LogP contribution < -0.4 is 4.74 Å². The highest BCUT2D eigenvalue weighted by atomic mass is 32.1. The molecule has 1 aliphatic carbocycles. The molecule has 0 spiro atoms. The van der Waals surface area contributed by atoms with Crippen LogP contribution in [-0.4, -0.2) is 23.5 Å². The monoisotopic (exact) mass is 376 g/mol. The molecule has 4 heteroatoms. The molecule has 0 fully saturated rings. The Morgan fingerprint density at radius 2 is 1.96 bits per heavy atom. The lowest BCUT2D eigenvalue weighted by Gasteiger charge is -2.26. The first kappa shape index (κ1) is 22.2. The second kappa shape index (κ2) is 11.0. The predicted molar refractivity (Wildman–Crippen MR) is 114 cm³/mol. The Bertz CT molecular complexity index is 695. The Labute approximate surface area is 164 Å². The van der Waals surface area contributed by atoms with Crippen molar-refractivity contribution in [3.05, 3.63) is 35.4 Å². The van der Waals surface area contributed by atoms with Crippen LogP contribution in [-0.2, 0) is 9.59 Å². The van der Waals surface area contributed by atoms with E-state index < -0.39 is 0 Å². The fourth-order valence-corrected chi connectivity index (χ4v) is 3.33. The third-order valence-electron chi connectivity index (χ3n) is 4.28. The molecule has 1 unspecified atom stereocenters. The van der Waals surface area contributed by atoms with Gasteiger partial charge in [-0.05, 0) is 48.3 Å². The van der Waals surface area contributed by atoms with Crippen LogP contribution in [0.1, 0.15) is 65.4 Å². The summed E-state index contributed by atoms with van der Waals surface area (Å²) in [6.45, 7) is 8.12. The van der Waals surface area contributed by atoms with Gasteiger partial charge in [0, 0.05) is 31.5 Å². The lowest BCUT2D eigenvalue weighted by atomic mass is 9.79. The van der Waals surface area contributed by atoms with Crippen molar-refractivity contribution in [2.24, 2.45) is 5.92 Å². The van der Waals surface area contributed by atoms with Gasteiger partial charge in [0.05, 0.1) is 7.11 Å². The highest BCUT2D eigenvalue weighted by Gasteiger charge is 2.28. The topological polar surface area (TPSA) is 43.4 Å². The number of carbonyl (C=O) groups excluding carboxylic acids is 2. The fraction of sp³-hybridized carbons (Fsp3) is 0.500. The van der Waals surface area contributed by atoms with Crippen molar-refractivity contribution in [2.75, 3.05) is 7.11 Å². The zero-order chi connectivity index (χ0) is 19.7. The van der Waals surface area contributed by atoms with Crippen LogP contribution in [0.2, 0.25) is 0 Å². The van der Waals surface area contributed by atoms with Gasteiger partial charge in [-0.1, -0.05) is 45.5 Å². The minimum atomic E-state index is -0.00899. The molecular formula is C22H32O3S. The zero-order valence-corrected chi connectivity index (χ0v) is 17.4. The van der Waals surface area contributed by atoms with E-state index in [0.717, 1.165) is 27.3 Å². The lowest BCUT2D eigenvalue weighted by molar-refractivity contribution is -0.118. The van der Waals surface area contributed by atoms with E-state index in [1.165, 1.54) is 6.42 Å². The Kier molecular flexibility index (Phi) is 9.42. The molecule has 0 N–H and O–H groups in total. The molecule has 0 amide bonds. The Hall–Kier alpha value is -1.81. The molecule has 1 atom stereocenters. The number of thiocarbonyl (C=S) groups is 1. The smallest absolute Gasteiger partial charge is 0.160 e. The second-order valence-electron chi connectivity index (χ2n) is 6.58. The van der Waals surface area contributed by atoms with Gasteiger partial charge in [0.1, 0.15) is 11.5 Å². The summed E-state index contributed by atoms with van der Waals surface area (Å²) in [5.74, 6) is 1.05. The molecule has 0 heterocycles. The van der Waals surface area contributed by atoms with E-state index in [1.54, 1.807) is 13.2 Å². The van der Waals surface area contributed by atoms with Crippen molar-refractivity contribution in [3.63, 3.8) is 0 Å². The number of benzene rings is 1. The predicted octanol–water partition coefficient (Wildman–Crippen LogP) is 5.77. The molecule has 0 radical (unpaired) electrons. The van der Waals surface area contributed by atoms with E-state index in [-0.39, 0.29) is 18.9 Å². The van der Waals surface area contributed by atoms with Crippen LogP contribution in [0.15, 0.2) is 24.3 Å². The molecule has 2 rings (SSSR count). The summed E-state index contributed by atoms with van der Waals surface area (Å²) in [4.78, 5) is 24.4. The number of rotatable bonds is 6. The van der Waals surface area contributed by atoms with E-state index in [9.17, 15) is 9.59 Å². The Morgan fingerprint density at radius 3 is 2.50 bits per heavy atom. The second-order valence-corrected chi connectivity index (χ2v) is 7.10. The first-order valence-corrected chi connectivity index (χ1v) is 9.72. The lowest BCUT2D eigenvalue weighted by Crippen LogP contribution is -2.24. The van der Waals surface area contributed by atoms with Gasteiger partial charge in [0.25, 0.3) is 0 Å². The SMILES string of the molecule is CCC.CCC(=O)CCC1C(=S)CC(=O)C=C1c1ccc(OC)cc1C.[HH]. The molecule has 0 aliphatic heterocycles. The Morgan fingerprint density at radius 1 is 1.31 bits per heavy atom. The van der Waals surface area contributed by atoms with E-state index in [1.807, 2.05) is 32.0 Å². The molecule has 0 bridgehead atoms. The number of allylic oxidation sites excluding steroid dienone is 2. The van der Waals surface area contributed by atoms with Crippen molar-refractivity contribution >= 4 is 34.2 Å². The van der Waals surface area contributed by atoms with Gasteiger partial charge in [-0.2, -0.15) is 0 Å². The van der Waals surface area contributed by atoms with Crippen molar-refractivity contribution < 1.29 is 15.8 Å². The molecule has 26 heavy (non-hydrogen) atoms. The number of hydrogen-bond acceptors (Lipinski definition) is 4. The van der Waals surface area contributed by atoms with Gasteiger partial charge in [-0.15, -0.1) is 0 Å². The van der Waals surface area contributed by atoms with Gasteiger partial charge >= 0.3 is 0 Å². The normalized spacial score (nSPS) is 16.5. The molecule has 1 aliphatic rings. The maximum absolute atomic E-state index is 12.0. The maximum Gasteiger partial charge on any atom is 0.160 e. The van der Waals surface area contributed by atoms with Crippen LogP contribution in [0.25, 0.3) is 5.57 Å². The van der Waals surface area contributed by atoms with Crippen LogP contribution in [0, 0.1) is 12.8 Å². The molecule has 1 aromatic carbocycles. The molecule has 3 nitrogen and oxygen atoms in total. The number of hydrogen-bond donors (Lipinski definition) is 0. The Balaban J connectivity index is 0.00000158. The van der Waals surface area contributed by atoms with E-state index >= 15 is 0 Å². The molecule has 0 saturated carbocycles. The van der Waals surface area contributed by atoms with Gasteiger partial charge in [-0.25, -0.2) is 0 Å². The minimum Gasteiger partial charge on any atom is -0.497 e. The summed E-state index contributed by atoms with van der Waals surface area (Å²) < 4.78 is 5.24. The third kappa shape index (κ3) is 6.17. The van der Waals surface area contributed by atoms with Crippen LogP contribution in [0.5, 0.6) is 5.75 Å². The third-order valence-corrected chi connectivity index (χ3v) is 4.71. The zero-order valence-electron chi connectivity index (χ0n) is 16.6. The van der Waals surface area contributed by atoms with Crippen LogP contribution in [0.3, 0.4) is 0 Å². The number of aryl methyl sites for hydroxylation is 1. The minimum absolute atomic E-state index is 0. The van der Waals surface area contributed by atoms with Crippen molar-refractivity contribution in [2.45, 2.75) is 59.8 Å². The van der Waals surface area contributed by atoms with Gasteiger partial charge < -0.3 is 4.74 Å². The first-order chi connectivity index (χ1) is 12.4. The number of methoxy groups -OCH3 is 1. The van der Waals surface area contributed by atoms with Crippen molar-refractivity contribution in [3.8, 4) is 5.75 Å². The fourth-order valence-electron chi connectivity index (χ4n) is 2.94. The molecule has 0 saturated heterocycles. The van der Waals surface area contributed by atoms with Crippen molar-refractivity contribution in [1.29, 1.82) is 0 Å². The van der Waals surface area contributed by atoms with Gasteiger partial charge in [-0.3, -0.25) is 9.59 Å². The summed E-state index contributed by atoms with van der Waals surface area (Å²) in [7, 11) is 1.63. The number of Topliss-reactive ketones (excluding diaryl/α,β-unsaturated/α-hetero) is 1. The highest BCUT2D eigenvalue weighted by molar-refractivity contribution is 7.80. The maximum atomic E-state index is 12.0. The summed E-state index contributed by atoms with van der Waals surface area (Å²) in [6.07, 6.45) is 4.97. The molecular weight excluding hydrogens is 344 g/mol. The molecule has 1 aromatic rings. The van der Waals surface area contributed by atoms with E-state index in [4.69, 9.17) is 17.0 Å². The van der Waals surface area contributed by atoms with E-state index in [0.29, 0.717) is 25.7 Å². The quantitative estimate of drug-likeness (QED) is 0.591. The molecule has 0 aromatic heterocycles. The van der Waals surface area contributed by atoms with Crippen LogP contribution >= 0.6 is 12.2 Å². The standard InChI is InChI=1S/C19H22O3S.C3H8.H2/c1-4-13(20)5-7-17-18(10-14(21)11-19(17)23)16-8-6-15(22-3)9-12(16)2;1-3-2;/h6,8-10,17H,4-5,7,11H2,1-3H3;3H2,1-2H3;1H. The molecule has 144 valence electrons. The average Bonchev–Trinajstić information content (AvgIpc) is 2.60. The summed E-state index contributed by atoms with van der Waals surface area (Å²) in [5, 5.41) is 0.